The molecule has 0 saturated heterocycles. The fourth-order valence-electron chi connectivity index (χ4n) is 1.78. The fraction of sp³-hybridized carbons (Fsp3) is 0.267. The second-order valence-electron chi connectivity index (χ2n) is 5.54. The highest BCUT2D eigenvalue weighted by atomic mass is 32.2. The number of benzene rings is 1. The van der Waals surface area contributed by atoms with Crippen LogP contribution in [0.15, 0.2) is 58.5 Å². The van der Waals surface area contributed by atoms with E-state index >= 15 is 0 Å². The number of hydrogen-bond donors (Lipinski definition) is 2. The molecule has 0 saturated carbocycles. The standard InChI is InChI=1S/C15H19N3O4S2/c1-12(2)11-17-23(19,20)13-6-8-14(9-7-13)24(21,22)18-15-5-3-4-10-16-15/h3-10,12,17H,11H2,1-2H3,(H,16,18). The van der Waals surface area contributed by atoms with Gasteiger partial charge in [0, 0.05) is 12.7 Å². The van der Waals surface area contributed by atoms with E-state index in [1.165, 1.54) is 36.5 Å². The molecule has 1 aromatic carbocycles. The summed E-state index contributed by atoms with van der Waals surface area (Å²) in [4.78, 5) is 3.86. The molecular weight excluding hydrogens is 350 g/mol. The van der Waals surface area contributed by atoms with Crippen LogP contribution in [-0.4, -0.2) is 28.4 Å². The van der Waals surface area contributed by atoms with Crippen molar-refractivity contribution in [2.45, 2.75) is 23.6 Å². The highest BCUT2D eigenvalue weighted by molar-refractivity contribution is 7.92. The van der Waals surface area contributed by atoms with E-state index in [1.54, 1.807) is 12.1 Å². The molecule has 0 aliphatic rings. The molecule has 0 fully saturated rings. The van der Waals surface area contributed by atoms with Crippen molar-refractivity contribution < 1.29 is 16.8 Å². The van der Waals surface area contributed by atoms with Crippen LogP contribution in [0.25, 0.3) is 0 Å². The number of pyridine rings is 1. The van der Waals surface area contributed by atoms with Crippen molar-refractivity contribution in [3.05, 3.63) is 48.7 Å². The minimum Gasteiger partial charge on any atom is -0.263 e. The van der Waals surface area contributed by atoms with Crippen molar-refractivity contribution in [1.29, 1.82) is 0 Å². The van der Waals surface area contributed by atoms with Crippen LogP contribution >= 0.6 is 0 Å². The van der Waals surface area contributed by atoms with E-state index in [-0.39, 0.29) is 21.5 Å². The first kappa shape index (κ1) is 18.4. The molecule has 2 N–H and O–H groups in total. The van der Waals surface area contributed by atoms with Gasteiger partial charge in [0.2, 0.25) is 10.0 Å². The molecule has 0 spiro atoms. The quantitative estimate of drug-likeness (QED) is 0.774. The van der Waals surface area contributed by atoms with Crippen LogP contribution in [0.4, 0.5) is 5.82 Å². The predicted molar refractivity (Wildman–Crippen MR) is 91.5 cm³/mol. The topological polar surface area (TPSA) is 105 Å². The highest BCUT2D eigenvalue weighted by Crippen LogP contribution is 2.17. The Morgan fingerprint density at radius 3 is 2.00 bits per heavy atom. The van der Waals surface area contributed by atoms with Gasteiger partial charge in [-0.1, -0.05) is 19.9 Å². The first-order chi connectivity index (χ1) is 11.2. The van der Waals surface area contributed by atoms with Gasteiger partial charge >= 0.3 is 0 Å². The molecule has 0 atom stereocenters. The highest BCUT2D eigenvalue weighted by Gasteiger charge is 2.18. The molecule has 2 aromatic rings. The lowest BCUT2D eigenvalue weighted by atomic mass is 10.2. The summed E-state index contributed by atoms with van der Waals surface area (Å²) in [6.07, 6.45) is 1.47. The third-order valence-corrected chi connectivity index (χ3v) is 5.84. The Labute approximate surface area is 142 Å². The molecule has 0 unspecified atom stereocenters. The molecule has 1 aromatic heterocycles. The van der Waals surface area contributed by atoms with Crippen LogP contribution < -0.4 is 9.44 Å². The van der Waals surface area contributed by atoms with Gasteiger partial charge < -0.3 is 0 Å². The number of sulfonamides is 2. The lowest BCUT2D eigenvalue weighted by molar-refractivity contribution is 0.560. The van der Waals surface area contributed by atoms with E-state index < -0.39 is 20.0 Å². The number of nitrogens with one attached hydrogen (secondary N) is 2. The van der Waals surface area contributed by atoms with Crippen molar-refractivity contribution in [2.24, 2.45) is 5.92 Å². The molecule has 0 radical (unpaired) electrons. The first-order valence-electron chi connectivity index (χ1n) is 7.24. The molecule has 0 aliphatic heterocycles. The molecular formula is C15H19N3O4S2. The molecule has 130 valence electrons. The second-order valence-corrected chi connectivity index (χ2v) is 8.99. The summed E-state index contributed by atoms with van der Waals surface area (Å²) in [7, 11) is -7.48. The van der Waals surface area contributed by atoms with Gasteiger partial charge in [0.25, 0.3) is 10.0 Å². The fourth-order valence-corrected chi connectivity index (χ4v) is 4.00. The third kappa shape index (κ3) is 4.76. The molecule has 7 nitrogen and oxygen atoms in total. The van der Waals surface area contributed by atoms with Gasteiger partial charge in [-0.2, -0.15) is 0 Å². The van der Waals surface area contributed by atoms with Crippen molar-refractivity contribution in [2.75, 3.05) is 11.3 Å². The smallest absolute Gasteiger partial charge is 0.263 e. The summed E-state index contributed by atoms with van der Waals surface area (Å²) >= 11 is 0. The van der Waals surface area contributed by atoms with E-state index in [2.05, 4.69) is 14.4 Å². The Morgan fingerprint density at radius 2 is 1.50 bits per heavy atom. The molecule has 24 heavy (non-hydrogen) atoms. The molecule has 1 heterocycles. The van der Waals surface area contributed by atoms with E-state index in [1.807, 2.05) is 13.8 Å². The molecule has 0 amide bonds. The molecule has 9 heteroatoms. The monoisotopic (exact) mass is 369 g/mol. The Bertz CT molecular complexity index is 878. The summed E-state index contributed by atoms with van der Waals surface area (Å²) in [6.45, 7) is 4.09. The number of anilines is 1. The van der Waals surface area contributed by atoms with Crippen molar-refractivity contribution in [3.63, 3.8) is 0 Å². The van der Waals surface area contributed by atoms with Gasteiger partial charge in [-0.25, -0.2) is 26.5 Å². The Morgan fingerprint density at radius 1 is 0.917 bits per heavy atom. The summed E-state index contributed by atoms with van der Waals surface area (Å²) in [5.74, 6) is 0.356. The largest absolute Gasteiger partial charge is 0.263 e. The Balaban J connectivity index is 2.19. The van der Waals surface area contributed by atoms with Crippen LogP contribution in [0, 0.1) is 5.92 Å². The van der Waals surface area contributed by atoms with Crippen LogP contribution in [0.5, 0.6) is 0 Å². The summed E-state index contributed by atoms with van der Waals surface area (Å²) in [5.41, 5.74) is 0. The maximum Gasteiger partial charge on any atom is 0.263 e. The van der Waals surface area contributed by atoms with E-state index in [0.717, 1.165) is 0 Å². The SMILES string of the molecule is CC(C)CNS(=O)(=O)c1ccc(S(=O)(=O)Nc2ccccn2)cc1. The van der Waals surface area contributed by atoms with Gasteiger partial charge in [-0.05, 0) is 42.3 Å². The average Bonchev–Trinajstić information content (AvgIpc) is 2.54. The average molecular weight is 369 g/mol. The first-order valence-corrected chi connectivity index (χ1v) is 10.2. The summed E-state index contributed by atoms with van der Waals surface area (Å²) in [5, 5.41) is 0. The maximum absolute atomic E-state index is 12.3. The van der Waals surface area contributed by atoms with Crippen molar-refractivity contribution in [1.82, 2.24) is 9.71 Å². The molecule has 2 rings (SSSR count). The van der Waals surface area contributed by atoms with Gasteiger partial charge in [0.05, 0.1) is 9.79 Å². The van der Waals surface area contributed by atoms with Gasteiger partial charge in [-0.3, -0.25) is 4.72 Å². The summed E-state index contributed by atoms with van der Waals surface area (Å²) in [6, 6.07) is 9.85. The zero-order chi connectivity index (χ0) is 17.8. The van der Waals surface area contributed by atoms with Crippen molar-refractivity contribution >= 4 is 25.9 Å². The predicted octanol–water partition coefficient (Wildman–Crippen LogP) is 1.82. The summed E-state index contributed by atoms with van der Waals surface area (Å²) < 4.78 is 53.5. The zero-order valence-corrected chi connectivity index (χ0v) is 14.9. The van der Waals surface area contributed by atoms with Crippen LogP contribution in [0.1, 0.15) is 13.8 Å². The Hall–Kier alpha value is -1.97. The van der Waals surface area contributed by atoms with Crippen LogP contribution in [-0.2, 0) is 20.0 Å². The van der Waals surface area contributed by atoms with Crippen LogP contribution in [0.3, 0.4) is 0 Å². The molecule has 0 bridgehead atoms. The maximum atomic E-state index is 12.3. The lowest BCUT2D eigenvalue weighted by Crippen LogP contribution is -2.27. The van der Waals surface area contributed by atoms with E-state index in [0.29, 0.717) is 6.54 Å². The minimum atomic E-state index is -3.83. The Kier molecular flexibility index (Phi) is 5.58. The van der Waals surface area contributed by atoms with Crippen LogP contribution in [0.2, 0.25) is 0 Å². The lowest BCUT2D eigenvalue weighted by Gasteiger charge is -2.10. The number of hydrogen-bond acceptors (Lipinski definition) is 5. The van der Waals surface area contributed by atoms with E-state index in [4.69, 9.17) is 0 Å². The number of aromatic nitrogens is 1. The van der Waals surface area contributed by atoms with E-state index in [9.17, 15) is 16.8 Å². The zero-order valence-electron chi connectivity index (χ0n) is 13.3. The number of nitrogens with zero attached hydrogens (tertiary/aromatic N) is 1. The van der Waals surface area contributed by atoms with Gasteiger partial charge in [0.15, 0.2) is 0 Å². The minimum absolute atomic E-state index is 0.0138. The molecule has 0 aliphatic carbocycles. The van der Waals surface area contributed by atoms with Gasteiger partial charge in [0.1, 0.15) is 5.82 Å². The second kappa shape index (κ2) is 7.29. The normalized spacial score (nSPS) is 12.3. The van der Waals surface area contributed by atoms with Crippen molar-refractivity contribution in [3.8, 4) is 0 Å². The van der Waals surface area contributed by atoms with Gasteiger partial charge in [-0.15, -0.1) is 0 Å². The number of rotatable bonds is 7. The third-order valence-electron chi connectivity index (χ3n) is 3.03.